The fourth-order valence-corrected chi connectivity index (χ4v) is 8.16. The van der Waals surface area contributed by atoms with E-state index < -0.39 is 0 Å². The summed E-state index contributed by atoms with van der Waals surface area (Å²) in [6.45, 7) is 12.8. The van der Waals surface area contributed by atoms with E-state index in [-0.39, 0.29) is 11.0 Å². The van der Waals surface area contributed by atoms with Crippen LogP contribution in [0.3, 0.4) is 0 Å². The van der Waals surface area contributed by atoms with Gasteiger partial charge >= 0.3 is 0 Å². The molecule has 4 aliphatic rings. The van der Waals surface area contributed by atoms with Gasteiger partial charge in [0, 0.05) is 74.5 Å². The molecule has 4 aliphatic heterocycles. The molecule has 0 unspecified atom stereocenters. The van der Waals surface area contributed by atoms with Crippen LogP contribution in [0.1, 0.15) is 20.9 Å². The quantitative estimate of drug-likeness (QED) is 0.190. The second-order valence-corrected chi connectivity index (χ2v) is 15.5. The number of hydrogen-bond acceptors (Lipinski definition) is 11. The first-order valence-electron chi connectivity index (χ1n) is 17.2. The molecule has 274 valence electrons. The number of rotatable bonds is 0. The number of aliphatic imine (C=N–C) groups is 2. The number of aryl methyl sites for hydroxylation is 2. The van der Waals surface area contributed by atoms with Gasteiger partial charge in [-0.25, -0.2) is 9.98 Å². The number of likely N-dealkylation sites (N-methyl/N-ethyl adjacent to an activating group) is 2. The Morgan fingerprint density at radius 3 is 1.31 bits per heavy atom. The number of hydrogen-bond donors (Lipinski definition) is 2. The van der Waals surface area contributed by atoms with E-state index in [9.17, 15) is 0 Å². The highest BCUT2D eigenvalue weighted by Gasteiger charge is 2.27. The first-order valence-corrected chi connectivity index (χ1v) is 18.9. The van der Waals surface area contributed by atoms with Crippen molar-refractivity contribution in [3.63, 3.8) is 0 Å². The van der Waals surface area contributed by atoms with Crippen molar-refractivity contribution in [2.45, 2.75) is 13.8 Å². The molecule has 0 amide bonds. The summed E-state index contributed by atoms with van der Waals surface area (Å²) in [5, 5.41) is 9.55. The molecular weight excluding hydrogens is 691 g/mol. The van der Waals surface area contributed by atoms with E-state index in [1.807, 2.05) is 18.2 Å². The summed E-state index contributed by atoms with van der Waals surface area (Å²) in [7, 11) is 4.37. The Bertz CT molecular complexity index is 1810. The number of aromatic nitrogens is 1. The summed E-state index contributed by atoms with van der Waals surface area (Å²) in [4.78, 5) is 26.0. The molecule has 5 aromatic rings. The number of nitrogens with one attached hydrogen (secondary N) is 2. The van der Waals surface area contributed by atoms with Crippen molar-refractivity contribution in [1.29, 1.82) is 0 Å². The maximum Gasteiger partial charge on any atom is 0.139 e. The van der Waals surface area contributed by atoms with E-state index in [0.717, 1.165) is 86.8 Å². The van der Waals surface area contributed by atoms with Gasteiger partial charge in [0.2, 0.25) is 0 Å². The van der Waals surface area contributed by atoms with E-state index in [4.69, 9.17) is 9.98 Å². The van der Waals surface area contributed by atoms with Crippen LogP contribution in [0, 0.1) is 13.8 Å². The highest BCUT2D eigenvalue weighted by Crippen LogP contribution is 2.40. The van der Waals surface area contributed by atoms with Crippen LogP contribution in [0.15, 0.2) is 101 Å². The van der Waals surface area contributed by atoms with Crippen LogP contribution in [0.25, 0.3) is 0 Å². The zero-order chi connectivity index (χ0) is 34.5. The standard InChI is InChI=1S/2C17H20N4S.C5H5N.2H2O/c2*1-12-11-13-16(21-9-7-20(2)8-10-21)18-14-5-3-4-6-15(14)19-17(13)22-12;1-2-4-6-5-3-1;;/h2*3-6,11,19H,7-10H2,1-2H3;1-5H;2*1H2. The lowest BCUT2D eigenvalue weighted by atomic mass is 10.2. The Morgan fingerprint density at radius 2 is 0.942 bits per heavy atom. The van der Waals surface area contributed by atoms with E-state index >= 15 is 0 Å². The van der Waals surface area contributed by atoms with Gasteiger partial charge in [0.05, 0.1) is 33.9 Å². The molecule has 0 radical (unpaired) electrons. The van der Waals surface area contributed by atoms with Gasteiger partial charge in [0.1, 0.15) is 21.7 Å². The van der Waals surface area contributed by atoms with E-state index in [2.05, 4.69) is 124 Å². The lowest BCUT2D eigenvalue weighted by Gasteiger charge is -2.34. The summed E-state index contributed by atoms with van der Waals surface area (Å²) < 4.78 is 0. The summed E-state index contributed by atoms with van der Waals surface area (Å²) in [6.07, 6.45) is 3.50. The third-order valence-electron chi connectivity index (χ3n) is 9.12. The number of para-hydroxylation sites is 4. The summed E-state index contributed by atoms with van der Waals surface area (Å²) in [5.74, 6) is 2.23. The van der Waals surface area contributed by atoms with Crippen LogP contribution in [-0.4, -0.2) is 114 Å². The Kier molecular flexibility index (Phi) is 13.2. The number of anilines is 4. The molecule has 0 aliphatic carbocycles. The smallest absolute Gasteiger partial charge is 0.139 e. The van der Waals surface area contributed by atoms with Crippen molar-refractivity contribution < 1.29 is 11.0 Å². The average molecular weight is 740 g/mol. The maximum absolute atomic E-state index is 5.01. The van der Waals surface area contributed by atoms with Gasteiger partial charge < -0.3 is 41.2 Å². The highest BCUT2D eigenvalue weighted by molar-refractivity contribution is 7.17. The molecule has 2 aromatic carbocycles. The molecule has 0 atom stereocenters. The molecule has 0 spiro atoms. The normalized spacial score (nSPS) is 16.2. The molecule has 9 rings (SSSR count). The van der Waals surface area contributed by atoms with Gasteiger partial charge in [-0.15, -0.1) is 22.7 Å². The summed E-state index contributed by atoms with van der Waals surface area (Å²) in [5.41, 5.74) is 6.71. The number of benzene rings is 2. The van der Waals surface area contributed by atoms with Crippen molar-refractivity contribution in [2.24, 2.45) is 9.98 Å². The zero-order valence-electron chi connectivity index (χ0n) is 30.3. The van der Waals surface area contributed by atoms with Crippen LogP contribution in [0.2, 0.25) is 0 Å². The van der Waals surface area contributed by atoms with Gasteiger partial charge in [-0.1, -0.05) is 30.3 Å². The number of thiophene rings is 2. The van der Waals surface area contributed by atoms with Gasteiger partial charge in [-0.2, -0.15) is 0 Å². The second kappa shape index (κ2) is 17.7. The zero-order valence-corrected chi connectivity index (χ0v) is 31.9. The molecule has 2 saturated heterocycles. The van der Waals surface area contributed by atoms with Crippen LogP contribution in [0.4, 0.5) is 32.8 Å². The van der Waals surface area contributed by atoms with Crippen molar-refractivity contribution in [3.8, 4) is 0 Å². The molecule has 7 heterocycles. The Labute approximate surface area is 314 Å². The molecule has 13 heteroatoms. The Balaban J connectivity index is 0.000000168. The third kappa shape index (κ3) is 9.05. The molecule has 52 heavy (non-hydrogen) atoms. The average Bonchev–Trinajstić information content (AvgIpc) is 3.60. The Hall–Kier alpha value is -4.63. The van der Waals surface area contributed by atoms with E-state index in [1.54, 1.807) is 35.1 Å². The highest BCUT2D eigenvalue weighted by atomic mass is 32.1. The number of amidine groups is 2. The first kappa shape index (κ1) is 38.6. The Morgan fingerprint density at radius 1 is 0.538 bits per heavy atom. The van der Waals surface area contributed by atoms with Crippen molar-refractivity contribution in [2.75, 3.05) is 77.1 Å². The van der Waals surface area contributed by atoms with Crippen molar-refractivity contribution in [3.05, 3.63) is 112 Å². The molecule has 2 fully saturated rings. The molecule has 6 N–H and O–H groups in total. The van der Waals surface area contributed by atoms with Gasteiger partial charge in [0.25, 0.3) is 0 Å². The molecule has 3 aromatic heterocycles. The maximum atomic E-state index is 5.01. The third-order valence-corrected chi connectivity index (χ3v) is 11.1. The molecular formula is C39H49N9O2S2. The largest absolute Gasteiger partial charge is 0.412 e. The predicted molar refractivity (Wildman–Crippen MR) is 220 cm³/mol. The van der Waals surface area contributed by atoms with E-state index in [0.29, 0.717) is 0 Å². The fourth-order valence-electron chi connectivity index (χ4n) is 6.32. The number of piperazine rings is 2. The van der Waals surface area contributed by atoms with Gasteiger partial charge in [-0.3, -0.25) is 4.98 Å². The lowest BCUT2D eigenvalue weighted by Crippen LogP contribution is -2.47. The molecule has 0 bridgehead atoms. The number of nitrogens with zero attached hydrogens (tertiary/aromatic N) is 7. The van der Waals surface area contributed by atoms with Crippen LogP contribution in [-0.2, 0) is 0 Å². The monoisotopic (exact) mass is 739 g/mol. The summed E-state index contributed by atoms with van der Waals surface area (Å²) >= 11 is 3.61. The van der Waals surface area contributed by atoms with Crippen LogP contribution >= 0.6 is 22.7 Å². The van der Waals surface area contributed by atoms with Gasteiger partial charge in [-0.05, 0) is 76.5 Å². The van der Waals surface area contributed by atoms with E-state index in [1.165, 1.54) is 30.9 Å². The minimum atomic E-state index is 0. The molecule has 11 nitrogen and oxygen atoms in total. The van der Waals surface area contributed by atoms with Crippen molar-refractivity contribution in [1.82, 2.24) is 24.6 Å². The second-order valence-electron chi connectivity index (χ2n) is 13.0. The molecule has 0 saturated carbocycles. The SMILES string of the molecule is Cc1cc2c(s1)Nc1ccccc1N=C2N1CCN(C)CC1.Cc1cc2c(s1)Nc1ccccc1N=C2N1CCN(C)CC1.O.O.c1ccncc1. The summed E-state index contributed by atoms with van der Waals surface area (Å²) in [6, 6.07) is 26.8. The minimum absolute atomic E-state index is 0. The predicted octanol–water partition coefficient (Wildman–Crippen LogP) is 6.31. The van der Waals surface area contributed by atoms with Gasteiger partial charge in [0.15, 0.2) is 0 Å². The van der Waals surface area contributed by atoms with Crippen LogP contribution in [0.5, 0.6) is 0 Å². The van der Waals surface area contributed by atoms with Crippen LogP contribution < -0.4 is 10.6 Å². The van der Waals surface area contributed by atoms with Crippen molar-refractivity contribution >= 4 is 67.1 Å². The minimum Gasteiger partial charge on any atom is -0.412 e. The first-order chi connectivity index (χ1) is 24.4. The number of fused-ring (bicyclic) bond motifs is 4. The lowest BCUT2D eigenvalue weighted by molar-refractivity contribution is 0.216. The topological polar surface area (TPSA) is 138 Å². The number of pyridine rings is 1. The fraction of sp³-hybridized carbons (Fsp3) is 0.308.